The molecule has 0 aromatic heterocycles. The van der Waals surface area contributed by atoms with Crippen molar-refractivity contribution in [1.29, 1.82) is 0 Å². The second-order valence-corrected chi connectivity index (χ2v) is 21.5. The molecule has 1 heterocycles. The number of carbonyl (C=O) groups is 1. The molecule has 0 aromatic carbocycles. The minimum Gasteiger partial charge on any atom is -0.394 e. The lowest BCUT2D eigenvalue weighted by molar-refractivity contribution is -0.302. The van der Waals surface area contributed by atoms with E-state index in [-0.39, 0.29) is 12.5 Å². The van der Waals surface area contributed by atoms with Crippen LogP contribution < -0.4 is 5.32 Å². The van der Waals surface area contributed by atoms with Crippen molar-refractivity contribution < 1.29 is 39.8 Å². The normalized spacial score (nSPS) is 19.5. The molecule has 9 nitrogen and oxygen atoms in total. The molecular formula is C64H117NO8. The van der Waals surface area contributed by atoms with Gasteiger partial charge in [-0.1, -0.05) is 267 Å². The van der Waals surface area contributed by atoms with Gasteiger partial charge in [-0.3, -0.25) is 4.79 Å². The van der Waals surface area contributed by atoms with Gasteiger partial charge < -0.3 is 40.3 Å². The molecule has 1 rings (SSSR count). The van der Waals surface area contributed by atoms with Crippen molar-refractivity contribution in [3.8, 4) is 0 Å². The molecule has 1 saturated heterocycles. The van der Waals surface area contributed by atoms with E-state index in [9.17, 15) is 30.3 Å². The number of nitrogens with one attached hydrogen (secondary N) is 1. The summed E-state index contributed by atoms with van der Waals surface area (Å²) in [5.74, 6) is -0.185. The van der Waals surface area contributed by atoms with Gasteiger partial charge in [0.15, 0.2) is 6.29 Å². The van der Waals surface area contributed by atoms with Crippen LogP contribution in [0.25, 0.3) is 0 Å². The Balaban J connectivity index is 2.02. The Bertz CT molecular complexity index is 1330. The first-order valence-corrected chi connectivity index (χ1v) is 31.0. The smallest absolute Gasteiger partial charge is 0.220 e. The summed E-state index contributed by atoms with van der Waals surface area (Å²) < 4.78 is 11.2. The predicted molar refractivity (Wildman–Crippen MR) is 309 cm³/mol. The number of hydrogen-bond donors (Lipinski definition) is 6. The minimum absolute atomic E-state index is 0.185. The quantitative estimate of drug-likeness (QED) is 0.0261. The number of hydrogen-bond acceptors (Lipinski definition) is 8. The second kappa shape index (κ2) is 53.3. The van der Waals surface area contributed by atoms with Crippen molar-refractivity contribution in [3.63, 3.8) is 0 Å². The van der Waals surface area contributed by atoms with E-state index in [0.717, 1.165) is 51.4 Å². The van der Waals surface area contributed by atoms with Crippen molar-refractivity contribution in [2.45, 2.75) is 326 Å². The fourth-order valence-electron chi connectivity index (χ4n) is 9.65. The molecule has 0 bridgehead atoms. The van der Waals surface area contributed by atoms with Crippen LogP contribution >= 0.6 is 0 Å². The zero-order valence-corrected chi connectivity index (χ0v) is 47.4. The fraction of sp³-hybridized carbons (Fsp3) is 0.828. The van der Waals surface area contributed by atoms with E-state index in [1.165, 1.54) is 212 Å². The summed E-state index contributed by atoms with van der Waals surface area (Å²) in [4.78, 5) is 13.0. The number of ether oxygens (including phenoxy) is 2. The maximum absolute atomic E-state index is 13.0. The molecule has 7 unspecified atom stereocenters. The molecule has 1 fully saturated rings. The van der Waals surface area contributed by atoms with Gasteiger partial charge in [0, 0.05) is 6.42 Å². The summed E-state index contributed by atoms with van der Waals surface area (Å²) in [6, 6.07) is -0.820. The van der Waals surface area contributed by atoms with Crippen LogP contribution in [0.2, 0.25) is 0 Å². The van der Waals surface area contributed by atoms with Crippen LogP contribution in [-0.4, -0.2) is 87.5 Å². The summed E-state index contributed by atoms with van der Waals surface area (Å²) >= 11 is 0. The highest BCUT2D eigenvalue weighted by molar-refractivity contribution is 5.76. The first-order chi connectivity index (χ1) is 35.8. The van der Waals surface area contributed by atoms with Gasteiger partial charge in [0.1, 0.15) is 24.4 Å². The van der Waals surface area contributed by atoms with Crippen LogP contribution in [0.1, 0.15) is 284 Å². The maximum atomic E-state index is 13.0. The second-order valence-electron chi connectivity index (χ2n) is 21.5. The van der Waals surface area contributed by atoms with Gasteiger partial charge in [0.05, 0.1) is 25.4 Å². The number of rotatable bonds is 53. The molecule has 1 amide bonds. The van der Waals surface area contributed by atoms with Crippen molar-refractivity contribution in [2.75, 3.05) is 13.2 Å². The molecule has 9 heteroatoms. The predicted octanol–water partition coefficient (Wildman–Crippen LogP) is 15.9. The van der Waals surface area contributed by atoms with Crippen molar-refractivity contribution in [2.24, 2.45) is 0 Å². The van der Waals surface area contributed by atoms with Crippen LogP contribution in [-0.2, 0) is 14.3 Å². The third-order valence-corrected chi connectivity index (χ3v) is 14.6. The van der Waals surface area contributed by atoms with E-state index in [4.69, 9.17) is 9.47 Å². The zero-order valence-electron chi connectivity index (χ0n) is 47.4. The Hall–Kier alpha value is -2.11. The lowest BCUT2D eigenvalue weighted by Crippen LogP contribution is -2.60. The van der Waals surface area contributed by atoms with Gasteiger partial charge in [0.2, 0.25) is 5.91 Å². The molecule has 0 saturated carbocycles. The van der Waals surface area contributed by atoms with Crippen LogP contribution in [0.5, 0.6) is 0 Å². The number of aliphatic hydroxyl groups excluding tert-OH is 5. The van der Waals surface area contributed by atoms with E-state index in [0.29, 0.717) is 6.42 Å². The van der Waals surface area contributed by atoms with Gasteiger partial charge in [-0.25, -0.2) is 0 Å². The van der Waals surface area contributed by atoms with Gasteiger partial charge in [-0.05, 0) is 70.6 Å². The monoisotopic (exact) mass is 1030 g/mol. The highest BCUT2D eigenvalue weighted by atomic mass is 16.7. The summed E-state index contributed by atoms with van der Waals surface area (Å²) in [5, 5.41) is 54.3. The molecular weight excluding hydrogens is 911 g/mol. The SMILES string of the molecule is CCCCCCC/C=C\C/C=C\C/C=C\CCCCCCCCCCCCCCCCCCCCCCCCCCC(=O)NC(COC1OC(CO)C(O)C(O)C1O)C(O)/C=C/CC/C=C/CCCCCCC. The largest absolute Gasteiger partial charge is 0.394 e. The number of aliphatic hydroxyl groups is 5. The van der Waals surface area contributed by atoms with E-state index in [2.05, 4.69) is 67.8 Å². The summed E-state index contributed by atoms with van der Waals surface area (Å²) in [7, 11) is 0. The van der Waals surface area contributed by atoms with Gasteiger partial charge in [-0.15, -0.1) is 0 Å². The molecule has 0 aromatic rings. The Labute approximate surface area is 449 Å². The summed E-state index contributed by atoms with van der Waals surface area (Å²) in [5.41, 5.74) is 0. The van der Waals surface area contributed by atoms with E-state index in [1.807, 2.05) is 6.08 Å². The summed E-state index contributed by atoms with van der Waals surface area (Å²) in [6.07, 6.45) is 66.2. The van der Waals surface area contributed by atoms with Crippen molar-refractivity contribution in [3.05, 3.63) is 60.8 Å². The lowest BCUT2D eigenvalue weighted by Gasteiger charge is -2.40. The molecule has 6 N–H and O–H groups in total. The number of amides is 1. The molecule has 0 spiro atoms. The molecule has 0 aliphatic carbocycles. The first kappa shape index (κ1) is 68.9. The molecule has 1 aliphatic rings. The zero-order chi connectivity index (χ0) is 52.9. The Kier molecular flexibility index (Phi) is 50.3. The number of unbranched alkanes of at least 4 members (excludes halogenated alkanes) is 35. The van der Waals surface area contributed by atoms with Crippen LogP contribution in [0.15, 0.2) is 60.8 Å². The fourth-order valence-corrected chi connectivity index (χ4v) is 9.65. The average Bonchev–Trinajstić information content (AvgIpc) is 3.39. The lowest BCUT2D eigenvalue weighted by atomic mass is 9.99. The topological polar surface area (TPSA) is 149 Å². The Morgan fingerprint density at radius 2 is 0.822 bits per heavy atom. The standard InChI is InChI=1S/C64H117NO8/c1-3-5-7-9-11-13-15-16-17-18-19-20-21-22-23-24-25-26-27-28-29-30-31-32-33-34-35-36-37-38-39-40-41-42-44-46-48-50-52-54-60(68)65-57(56-72-64-63(71)62(70)61(69)59(55-66)73-64)58(67)53-51-49-47-45-43-14-12-10-8-6-4-2/h15-16,18-19,21-22,43,45,51,53,57-59,61-64,66-67,69-71H,3-14,17,20,23-42,44,46-50,52,54-56H2,1-2H3,(H,65,68)/b16-15-,19-18-,22-21-,45-43+,53-51+. The molecule has 73 heavy (non-hydrogen) atoms. The molecule has 426 valence electrons. The molecule has 0 radical (unpaired) electrons. The van der Waals surface area contributed by atoms with Crippen LogP contribution in [0.4, 0.5) is 0 Å². The highest BCUT2D eigenvalue weighted by Gasteiger charge is 2.44. The van der Waals surface area contributed by atoms with E-state index in [1.54, 1.807) is 6.08 Å². The van der Waals surface area contributed by atoms with Crippen LogP contribution in [0, 0.1) is 0 Å². The number of allylic oxidation sites excluding steroid dienone is 9. The molecule has 7 atom stereocenters. The van der Waals surface area contributed by atoms with Gasteiger partial charge in [-0.2, -0.15) is 0 Å². The third kappa shape index (κ3) is 42.7. The third-order valence-electron chi connectivity index (χ3n) is 14.6. The number of carbonyl (C=O) groups excluding carboxylic acids is 1. The minimum atomic E-state index is -1.57. The van der Waals surface area contributed by atoms with E-state index < -0.39 is 49.5 Å². The highest BCUT2D eigenvalue weighted by Crippen LogP contribution is 2.23. The Morgan fingerprint density at radius 1 is 0.466 bits per heavy atom. The summed E-state index contributed by atoms with van der Waals surface area (Å²) in [6.45, 7) is 3.73. The first-order valence-electron chi connectivity index (χ1n) is 31.0. The van der Waals surface area contributed by atoms with Gasteiger partial charge >= 0.3 is 0 Å². The van der Waals surface area contributed by atoms with Crippen LogP contribution in [0.3, 0.4) is 0 Å². The van der Waals surface area contributed by atoms with Crippen molar-refractivity contribution in [1.82, 2.24) is 5.32 Å². The van der Waals surface area contributed by atoms with Crippen molar-refractivity contribution >= 4 is 5.91 Å². The average molecular weight is 1030 g/mol. The van der Waals surface area contributed by atoms with E-state index >= 15 is 0 Å². The molecule has 1 aliphatic heterocycles. The maximum Gasteiger partial charge on any atom is 0.220 e. The Morgan fingerprint density at radius 3 is 1.25 bits per heavy atom. The van der Waals surface area contributed by atoms with Gasteiger partial charge in [0.25, 0.3) is 0 Å².